The van der Waals surface area contributed by atoms with Gasteiger partial charge in [-0.25, -0.2) is 4.39 Å². The highest BCUT2D eigenvalue weighted by atomic mass is 35.5. The molecule has 0 fully saturated rings. The molecule has 0 saturated heterocycles. The van der Waals surface area contributed by atoms with Crippen LogP contribution in [-0.2, 0) is 12.7 Å². The molecule has 0 aromatic heterocycles. The van der Waals surface area contributed by atoms with Gasteiger partial charge in [-0.1, -0.05) is 23.7 Å². The van der Waals surface area contributed by atoms with Gasteiger partial charge in [-0.15, -0.1) is 0 Å². The molecule has 20 heavy (non-hydrogen) atoms. The third-order valence-corrected chi connectivity index (χ3v) is 2.89. The quantitative estimate of drug-likeness (QED) is 0.777. The maximum absolute atomic E-state index is 13.1. The van der Waals surface area contributed by atoms with Gasteiger partial charge in [0.1, 0.15) is 5.82 Å². The Balaban J connectivity index is 2.14. The van der Waals surface area contributed by atoms with Gasteiger partial charge in [-0.05, 0) is 35.9 Å². The molecule has 0 heterocycles. The third-order valence-electron chi connectivity index (χ3n) is 2.66. The van der Waals surface area contributed by atoms with Gasteiger partial charge in [0.15, 0.2) is 0 Å². The minimum absolute atomic E-state index is 0.143. The van der Waals surface area contributed by atoms with Crippen molar-refractivity contribution in [3.63, 3.8) is 0 Å². The first-order chi connectivity index (χ1) is 9.36. The first kappa shape index (κ1) is 14.7. The van der Waals surface area contributed by atoms with Crippen molar-refractivity contribution in [1.29, 1.82) is 0 Å². The van der Waals surface area contributed by atoms with E-state index >= 15 is 0 Å². The molecule has 2 aromatic rings. The van der Waals surface area contributed by atoms with Gasteiger partial charge in [0.25, 0.3) is 0 Å². The molecule has 0 unspecified atom stereocenters. The van der Waals surface area contributed by atoms with Crippen LogP contribution in [0, 0.1) is 5.82 Å². The average molecular weight is 304 g/mol. The van der Waals surface area contributed by atoms with Gasteiger partial charge in [-0.2, -0.15) is 13.2 Å². The largest absolute Gasteiger partial charge is 0.419 e. The number of anilines is 1. The van der Waals surface area contributed by atoms with Gasteiger partial charge < -0.3 is 5.32 Å². The highest BCUT2D eigenvalue weighted by molar-refractivity contribution is 6.30. The molecule has 1 nitrogen and oxygen atoms in total. The molecule has 0 radical (unpaired) electrons. The van der Waals surface area contributed by atoms with E-state index in [-0.39, 0.29) is 6.54 Å². The second-order valence-corrected chi connectivity index (χ2v) is 4.61. The van der Waals surface area contributed by atoms with Crippen LogP contribution in [0.15, 0.2) is 42.5 Å². The molecular formula is C14H10ClF4N. The summed E-state index contributed by atoms with van der Waals surface area (Å²) in [5.74, 6) is -1.27. The molecule has 1 N–H and O–H groups in total. The van der Waals surface area contributed by atoms with Crippen molar-refractivity contribution in [1.82, 2.24) is 0 Å². The third kappa shape index (κ3) is 3.63. The first-order valence-corrected chi connectivity index (χ1v) is 6.09. The molecular weight excluding hydrogens is 294 g/mol. The van der Waals surface area contributed by atoms with E-state index in [4.69, 9.17) is 11.6 Å². The summed E-state index contributed by atoms with van der Waals surface area (Å²) >= 11 is 5.79. The topological polar surface area (TPSA) is 12.0 Å². The van der Waals surface area contributed by atoms with Crippen LogP contribution in [0.1, 0.15) is 11.1 Å². The Bertz CT molecular complexity index is 610. The van der Waals surface area contributed by atoms with Gasteiger partial charge in [0.05, 0.1) is 5.56 Å². The van der Waals surface area contributed by atoms with E-state index < -0.39 is 17.6 Å². The number of alkyl halides is 3. The van der Waals surface area contributed by atoms with Crippen LogP contribution >= 0.6 is 11.6 Å². The molecule has 0 amide bonds. The highest BCUT2D eigenvalue weighted by Gasteiger charge is 2.34. The zero-order chi connectivity index (χ0) is 14.8. The summed E-state index contributed by atoms with van der Waals surface area (Å²) in [5, 5.41) is 3.44. The van der Waals surface area contributed by atoms with E-state index in [1.807, 2.05) is 0 Å². The lowest BCUT2D eigenvalue weighted by atomic mass is 10.1. The SMILES string of the molecule is Fc1ccc(CNc2cccc(Cl)c2)cc1C(F)(F)F. The number of halogens is 5. The Morgan fingerprint density at radius 2 is 1.80 bits per heavy atom. The predicted molar refractivity (Wildman–Crippen MR) is 70.2 cm³/mol. The average Bonchev–Trinajstić information content (AvgIpc) is 2.36. The fourth-order valence-corrected chi connectivity index (χ4v) is 1.89. The van der Waals surface area contributed by atoms with Crippen molar-refractivity contribution in [2.24, 2.45) is 0 Å². The van der Waals surface area contributed by atoms with Crippen LogP contribution in [0.2, 0.25) is 5.02 Å². The molecule has 0 spiro atoms. The lowest BCUT2D eigenvalue weighted by Gasteiger charge is -2.11. The number of rotatable bonds is 3. The standard InChI is InChI=1S/C14H10ClF4N/c15-10-2-1-3-11(7-10)20-8-9-4-5-13(16)12(6-9)14(17,18)19/h1-7,20H,8H2. The lowest BCUT2D eigenvalue weighted by molar-refractivity contribution is -0.140. The molecule has 0 atom stereocenters. The minimum atomic E-state index is -4.70. The normalized spacial score (nSPS) is 11.4. The molecule has 106 valence electrons. The van der Waals surface area contributed by atoms with Crippen LogP contribution in [0.5, 0.6) is 0 Å². The van der Waals surface area contributed by atoms with Crippen molar-refractivity contribution >= 4 is 17.3 Å². The maximum atomic E-state index is 13.1. The van der Waals surface area contributed by atoms with Crippen molar-refractivity contribution in [2.45, 2.75) is 12.7 Å². The molecule has 6 heteroatoms. The van der Waals surface area contributed by atoms with Crippen molar-refractivity contribution in [3.8, 4) is 0 Å². The summed E-state index contributed by atoms with van der Waals surface area (Å²) in [6.07, 6.45) is -4.70. The monoisotopic (exact) mass is 303 g/mol. The van der Waals surface area contributed by atoms with Crippen LogP contribution in [0.25, 0.3) is 0 Å². The van der Waals surface area contributed by atoms with Gasteiger partial charge in [-0.3, -0.25) is 0 Å². The minimum Gasteiger partial charge on any atom is -0.381 e. The second-order valence-electron chi connectivity index (χ2n) is 4.18. The summed E-state index contributed by atoms with van der Waals surface area (Å²) < 4.78 is 50.8. The Labute approximate surface area is 118 Å². The van der Waals surface area contributed by atoms with Gasteiger partial charge >= 0.3 is 6.18 Å². The zero-order valence-electron chi connectivity index (χ0n) is 10.1. The Hall–Kier alpha value is -1.75. The summed E-state index contributed by atoms with van der Waals surface area (Å²) in [7, 11) is 0. The summed E-state index contributed by atoms with van der Waals surface area (Å²) in [4.78, 5) is 0. The van der Waals surface area contributed by atoms with E-state index in [1.165, 1.54) is 6.07 Å². The van der Waals surface area contributed by atoms with E-state index in [2.05, 4.69) is 5.32 Å². The van der Waals surface area contributed by atoms with Crippen LogP contribution in [0.4, 0.5) is 23.2 Å². The van der Waals surface area contributed by atoms with Crippen molar-refractivity contribution < 1.29 is 17.6 Å². The van der Waals surface area contributed by atoms with Crippen LogP contribution in [-0.4, -0.2) is 0 Å². The van der Waals surface area contributed by atoms with E-state index in [9.17, 15) is 17.6 Å². The molecule has 0 saturated carbocycles. The molecule has 2 aromatic carbocycles. The van der Waals surface area contributed by atoms with E-state index in [1.54, 1.807) is 24.3 Å². The first-order valence-electron chi connectivity index (χ1n) is 5.71. The predicted octanol–water partition coefficient (Wildman–Crippen LogP) is 5.11. The summed E-state index contributed by atoms with van der Waals surface area (Å²) in [5.41, 5.74) is -0.253. The van der Waals surface area contributed by atoms with Crippen LogP contribution in [0.3, 0.4) is 0 Å². The van der Waals surface area contributed by atoms with E-state index in [0.717, 1.165) is 12.1 Å². The molecule has 0 bridgehead atoms. The molecule has 2 rings (SSSR count). The van der Waals surface area contributed by atoms with E-state index in [0.29, 0.717) is 16.3 Å². The maximum Gasteiger partial charge on any atom is 0.419 e. The summed E-state index contributed by atoms with van der Waals surface area (Å²) in [6.45, 7) is 0.143. The molecule has 0 aliphatic rings. The second kappa shape index (κ2) is 5.71. The lowest BCUT2D eigenvalue weighted by Crippen LogP contribution is -2.10. The number of hydrogen-bond acceptors (Lipinski definition) is 1. The van der Waals surface area contributed by atoms with Crippen molar-refractivity contribution in [3.05, 3.63) is 64.4 Å². The summed E-state index contributed by atoms with van der Waals surface area (Å²) in [6, 6.07) is 9.71. The molecule has 0 aliphatic heterocycles. The van der Waals surface area contributed by atoms with Crippen LogP contribution < -0.4 is 5.32 Å². The molecule has 0 aliphatic carbocycles. The van der Waals surface area contributed by atoms with Crippen molar-refractivity contribution in [2.75, 3.05) is 5.32 Å². The smallest absolute Gasteiger partial charge is 0.381 e. The highest BCUT2D eigenvalue weighted by Crippen LogP contribution is 2.32. The fourth-order valence-electron chi connectivity index (χ4n) is 1.70. The Morgan fingerprint density at radius 1 is 1.05 bits per heavy atom. The zero-order valence-corrected chi connectivity index (χ0v) is 10.9. The number of nitrogens with one attached hydrogen (secondary N) is 1. The Kier molecular flexibility index (Phi) is 4.18. The van der Waals surface area contributed by atoms with Gasteiger partial charge in [0.2, 0.25) is 0 Å². The number of hydrogen-bond donors (Lipinski definition) is 1. The Morgan fingerprint density at radius 3 is 2.45 bits per heavy atom. The van der Waals surface area contributed by atoms with Gasteiger partial charge in [0, 0.05) is 17.3 Å². The number of benzene rings is 2. The fraction of sp³-hybridized carbons (Fsp3) is 0.143.